The summed E-state index contributed by atoms with van der Waals surface area (Å²) in [5.41, 5.74) is 1.46. The first-order chi connectivity index (χ1) is 11.1. The van der Waals surface area contributed by atoms with Crippen molar-refractivity contribution in [2.45, 2.75) is 26.7 Å². The van der Waals surface area contributed by atoms with Gasteiger partial charge >= 0.3 is 5.97 Å². The molecule has 1 aromatic carbocycles. The van der Waals surface area contributed by atoms with E-state index in [0.717, 1.165) is 31.6 Å². The van der Waals surface area contributed by atoms with Crippen molar-refractivity contribution in [2.75, 3.05) is 38.2 Å². The molecule has 0 radical (unpaired) electrons. The monoisotopic (exact) mass is 318 g/mol. The molecule has 0 atom stereocenters. The molecule has 1 heterocycles. The third kappa shape index (κ3) is 3.84. The molecule has 0 N–H and O–H groups in total. The van der Waals surface area contributed by atoms with Gasteiger partial charge in [0.15, 0.2) is 0 Å². The van der Waals surface area contributed by atoms with Gasteiger partial charge in [-0.3, -0.25) is 4.79 Å². The number of piperazine rings is 1. The van der Waals surface area contributed by atoms with E-state index < -0.39 is 0 Å². The summed E-state index contributed by atoms with van der Waals surface area (Å²) in [6.07, 6.45) is 1.78. The summed E-state index contributed by atoms with van der Waals surface area (Å²) in [7, 11) is 1.39. The zero-order valence-electron chi connectivity index (χ0n) is 14.2. The molecule has 0 aliphatic carbocycles. The first-order valence-electron chi connectivity index (χ1n) is 8.33. The van der Waals surface area contributed by atoms with Crippen LogP contribution in [-0.4, -0.2) is 50.1 Å². The van der Waals surface area contributed by atoms with Crippen molar-refractivity contribution >= 4 is 17.6 Å². The van der Waals surface area contributed by atoms with E-state index in [1.165, 1.54) is 7.11 Å². The lowest BCUT2D eigenvalue weighted by atomic mass is 10.0. The van der Waals surface area contributed by atoms with Crippen LogP contribution < -0.4 is 4.90 Å². The van der Waals surface area contributed by atoms with Crippen LogP contribution in [0.1, 0.15) is 37.0 Å². The number of para-hydroxylation sites is 1. The van der Waals surface area contributed by atoms with Crippen molar-refractivity contribution in [3.8, 4) is 0 Å². The second-order valence-corrected chi connectivity index (χ2v) is 5.83. The van der Waals surface area contributed by atoms with E-state index >= 15 is 0 Å². The van der Waals surface area contributed by atoms with Gasteiger partial charge in [0.05, 0.1) is 18.4 Å². The number of hydrogen-bond donors (Lipinski definition) is 0. The van der Waals surface area contributed by atoms with Gasteiger partial charge in [-0.15, -0.1) is 0 Å². The standard InChI is InChI=1S/C18H26N2O3/c1-4-14(5-2)17(21)20-12-10-19(11-13-20)16-9-7-6-8-15(16)18(22)23-3/h6-9,14H,4-5,10-13H2,1-3H3. The molecule has 23 heavy (non-hydrogen) atoms. The average Bonchev–Trinajstić information content (AvgIpc) is 2.62. The Labute approximate surface area is 138 Å². The molecule has 0 saturated carbocycles. The Hall–Kier alpha value is -2.04. The predicted octanol–water partition coefficient (Wildman–Crippen LogP) is 2.56. The first-order valence-corrected chi connectivity index (χ1v) is 8.33. The molecule has 1 fully saturated rings. The number of benzene rings is 1. The fourth-order valence-electron chi connectivity index (χ4n) is 3.10. The number of carbonyl (C=O) groups excluding carboxylic acids is 2. The number of carbonyl (C=O) groups is 2. The summed E-state index contributed by atoms with van der Waals surface area (Å²) in [4.78, 5) is 28.5. The first kappa shape index (κ1) is 17.3. The van der Waals surface area contributed by atoms with Crippen LogP contribution in [0, 0.1) is 5.92 Å². The third-order valence-electron chi connectivity index (χ3n) is 4.58. The molecule has 1 saturated heterocycles. The quantitative estimate of drug-likeness (QED) is 0.783. The zero-order valence-corrected chi connectivity index (χ0v) is 14.2. The second-order valence-electron chi connectivity index (χ2n) is 5.83. The highest BCUT2D eigenvalue weighted by Crippen LogP contribution is 2.23. The van der Waals surface area contributed by atoms with E-state index in [1.54, 1.807) is 6.07 Å². The van der Waals surface area contributed by atoms with E-state index in [4.69, 9.17) is 4.74 Å². The van der Waals surface area contributed by atoms with Gasteiger partial charge in [0, 0.05) is 32.1 Å². The highest BCUT2D eigenvalue weighted by molar-refractivity contribution is 5.95. The molecule has 1 amide bonds. The fourth-order valence-corrected chi connectivity index (χ4v) is 3.10. The van der Waals surface area contributed by atoms with Crippen molar-refractivity contribution in [3.05, 3.63) is 29.8 Å². The number of amides is 1. The molecule has 5 heteroatoms. The lowest BCUT2D eigenvalue weighted by molar-refractivity contribution is -0.136. The smallest absolute Gasteiger partial charge is 0.339 e. The molecule has 0 aromatic heterocycles. The lowest BCUT2D eigenvalue weighted by Crippen LogP contribution is -2.50. The number of anilines is 1. The van der Waals surface area contributed by atoms with E-state index in [-0.39, 0.29) is 17.8 Å². The predicted molar refractivity (Wildman–Crippen MR) is 90.6 cm³/mol. The summed E-state index contributed by atoms with van der Waals surface area (Å²) < 4.78 is 4.86. The Balaban J connectivity index is 2.05. The lowest BCUT2D eigenvalue weighted by Gasteiger charge is -2.38. The van der Waals surface area contributed by atoms with Gasteiger partial charge < -0.3 is 14.5 Å². The number of nitrogens with zero attached hydrogens (tertiary/aromatic N) is 2. The molecule has 1 aliphatic heterocycles. The number of ether oxygens (including phenoxy) is 1. The Morgan fingerprint density at radius 2 is 1.70 bits per heavy atom. The second kappa shape index (κ2) is 7.99. The molecular weight excluding hydrogens is 292 g/mol. The van der Waals surface area contributed by atoms with Crippen molar-refractivity contribution < 1.29 is 14.3 Å². The van der Waals surface area contributed by atoms with Gasteiger partial charge in [-0.2, -0.15) is 0 Å². The Morgan fingerprint density at radius 1 is 1.09 bits per heavy atom. The van der Waals surface area contributed by atoms with E-state index in [1.807, 2.05) is 23.1 Å². The van der Waals surface area contributed by atoms with E-state index in [2.05, 4.69) is 18.7 Å². The topological polar surface area (TPSA) is 49.9 Å². The van der Waals surface area contributed by atoms with Crippen LogP contribution in [0.4, 0.5) is 5.69 Å². The molecule has 2 rings (SSSR count). The highest BCUT2D eigenvalue weighted by Gasteiger charge is 2.27. The fraction of sp³-hybridized carbons (Fsp3) is 0.556. The maximum absolute atomic E-state index is 12.5. The van der Waals surface area contributed by atoms with E-state index in [9.17, 15) is 9.59 Å². The van der Waals surface area contributed by atoms with Gasteiger partial charge in [-0.05, 0) is 25.0 Å². The van der Waals surface area contributed by atoms with Gasteiger partial charge in [-0.25, -0.2) is 4.79 Å². The Kier molecular flexibility index (Phi) is 6.02. The van der Waals surface area contributed by atoms with E-state index in [0.29, 0.717) is 18.7 Å². The van der Waals surface area contributed by atoms with Crippen LogP contribution in [0.3, 0.4) is 0 Å². The van der Waals surface area contributed by atoms with Crippen molar-refractivity contribution in [3.63, 3.8) is 0 Å². The van der Waals surface area contributed by atoms with Crippen molar-refractivity contribution in [1.82, 2.24) is 4.90 Å². The molecule has 1 aromatic rings. The number of hydrogen-bond acceptors (Lipinski definition) is 4. The van der Waals surface area contributed by atoms with Gasteiger partial charge in [0.25, 0.3) is 0 Å². The molecule has 0 bridgehead atoms. The number of esters is 1. The van der Waals surface area contributed by atoms with Crippen molar-refractivity contribution in [1.29, 1.82) is 0 Å². The summed E-state index contributed by atoms with van der Waals surface area (Å²) in [5, 5.41) is 0. The van der Waals surface area contributed by atoms with Crippen LogP contribution in [0.2, 0.25) is 0 Å². The minimum atomic E-state index is -0.323. The molecule has 126 valence electrons. The summed E-state index contributed by atoms with van der Waals surface area (Å²) in [5.74, 6) is 0.0657. The minimum absolute atomic E-state index is 0.129. The molecule has 0 unspecified atom stereocenters. The maximum atomic E-state index is 12.5. The average molecular weight is 318 g/mol. The van der Waals surface area contributed by atoms with Crippen LogP contribution in [0.5, 0.6) is 0 Å². The van der Waals surface area contributed by atoms with Crippen molar-refractivity contribution in [2.24, 2.45) is 5.92 Å². The van der Waals surface area contributed by atoms with Crippen LogP contribution in [-0.2, 0) is 9.53 Å². The summed E-state index contributed by atoms with van der Waals surface area (Å²) in [6, 6.07) is 7.47. The van der Waals surface area contributed by atoms with Crippen LogP contribution >= 0.6 is 0 Å². The van der Waals surface area contributed by atoms with Gasteiger partial charge in [0.1, 0.15) is 0 Å². The maximum Gasteiger partial charge on any atom is 0.339 e. The Morgan fingerprint density at radius 3 is 2.26 bits per heavy atom. The van der Waals surface area contributed by atoms with Gasteiger partial charge in [0.2, 0.25) is 5.91 Å². The molecule has 5 nitrogen and oxygen atoms in total. The summed E-state index contributed by atoms with van der Waals surface area (Å²) in [6.45, 7) is 7.00. The zero-order chi connectivity index (χ0) is 16.8. The number of methoxy groups -OCH3 is 1. The minimum Gasteiger partial charge on any atom is -0.465 e. The normalized spacial score (nSPS) is 15.0. The SMILES string of the molecule is CCC(CC)C(=O)N1CCN(c2ccccc2C(=O)OC)CC1. The molecule has 0 spiro atoms. The molecule has 1 aliphatic rings. The highest BCUT2D eigenvalue weighted by atomic mass is 16.5. The van der Waals surface area contributed by atoms with Crippen LogP contribution in [0.25, 0.3) is 0 Å². The van der Waals surface area contributed by atoms with Gasteiger partial charge in [-0.1, -0.05) is 26.0 Å². The molecular formula is C18H26N2O3. The largest absolute Gasteiger partial charge is 0.465 e. The summed E-state index contributed by atoms with van der Waals surface area (Å²) >= 11 is 0. The Bertz CT molecular complexity index is 547. The number of rotatable bonds is 5. The van der Waals surface area contributed by atoms with Crippen LogP contribution in [0.15, 0.2) is 24.3 Å². The third-order valence-corrected chi connectivity index (χ3v) is 4.58.